The Morgan fingerprint density at radius 2 is 2.00 bits per heavy atom. The fourth-order valence-electron chi connectivity index (χ4n) is 4.04. The average Bonchev–Trinajstić information content (AvgIpc) is 3.31. The lowest BCUT2D eigenvalue weighted by molar-refractivity contribution is -0.122. The fourth-order valence-corrected chi connectivity index (χ4v) is 4.04. The quantitative estimate of drug-likeness (QED) is 0.797. The number of nitrogens with zero attached hydrogens (tertiary/aromatic N) is 2. The Labute approximate surface area is 157 Å². The van der Waals surface area contributed by atoms with Crippen molar-refractivity contribution in [2.45, 2.75) is 19.4 Å². The zero-order valence-electron chi connectivity index (χ0n) is 15.3. The highest BCUT2D eigenvalue weighted by Gasteiger charge is 2.35. The Kier molecular flexibility index (Phi) is 4.79. The van der Waals surface area contributed by atoms with Crippen molar-refractivity contribution in [3.05, 3.63) is 58.9 Å². The SMILES string of the molecule is COc1ccc(-c2ccc(=O)n(CC(=O)NC[C@@H]3C[C@@H]4C=C[C@@H]3C4)n2)cc1. The van der Waals surface area contributed by atoms with E-state index in [0.717, 1.165) is 17.7 Å². The maximum atomic E-state index is 12.3. The molecule has 27 heavy (non-hydrogen) atoms. The van der Waals surface area contributed by atoms with Gasteiger partial charge in [0.05, 0.1) is 12.8 Å². The second-order valence-corrected chi connectivity index (χ2v) is 7.29. The number of methoxy groups -OCH3 is 1. The van der Waals surface area contributed by atoms with Gasteiger partial charge in [0.25, 0.3) is 5.56 Å². The molecular formula is C21H23N3O3. The number of hydrogen-bond acceptors (Lipinski definition) is 4. The number of carbonyl (C=O) groups excluding carboxylic acids is 1. The van der Waals surface area contributed by atoms with Crippen molar-refractivity contribution >= 4 is 5.91 Å². The topological polar surface area (TPSA) is 73.2 Å². The Morgan fingerprint density at radius 3 is 2.67 bits per heavy atom. The van der Waals surface area contributed by atoms with Crippen LogP contribution in [0.2, 0.25) is 0 Å². The molecule has 1 amide bonds. The predicted molar refractivity (Wildman–Crippen MR) is 102 cm³/mol. The van der Waals surface area contributed by atoms with Gasteiger partial charge in [-0.2, -0.15) is 5.10 Å². The monoisotopic (exact) mass is 365 g/mol. The maximum Gasteiger partial charge on any atom is 0.267 e. The number of aromatic nitrogens is 2. The largest absolute Gasteiger partial charge is 0.497 e. The summed E-state index contributed by atoms with van der Waals surface area (Å²) in [5.41, 5.74) is 1.22. The van der Waals surface area contributed by atoms with E-state index in [1.54, 1.807) is 13.2 Å². The first-order valence-corrected chi connectivity index (χ1v) is 9.30. The van der Waals surface area contributed by atoms with E-state index in [9.17, 15) is 9.59 Å². The highest BCUT2D eigenvalue weighted by Crippen LogP contribution is 2.42. The van der Waals surface area contributed by atoms with E-state index in [4.69, 9.17) is 4.74 Å². The third-order valence-corrected chi connectivity index (χ3v) is 5.52. The zero-order chi connectivity index (χ0) is 18.8. The number of carbonyl (C=O) groups is 1. The Hall–Kier alpha value is -2.89. The van der Waals surface area contributed by atoms with Crippen LogP contribution in [-0.4, -0.2) is 29.3 Å². The maximum absolute atomic E-state index is 12.3. The molecule has 0 saturated heterocycles. The number of benzene rings is 1. The van der Waals surface area contributed by atoms with Gasteiger partial charge in [-0.15, -0.1) is 0 Å². The Balaban J connectivity index is 1.41. The molecule has 2 bridgehead atoms. The smallest absolute Gasteiger partial charge is 0.267 e. The van der Waals surface area contributed by atoms with Crippen molar-refractivity contribution < 1.29 is 9.53 Å². The molecule has 1 fully saturated rings. The predicted octanol–water partition coefficient (Wildman–Crippen LogP) is 2.25. The Bertz CT molecular complexity index is 917. The van der Waals surface area contributed by atoms with Gasteiger partial charge < -0.3 is 10.1 Å². The second kappa shape index (κ2) is 7.39. The van der Waals surface area contributed by atoms with Crippen molar-refractivity contribution in [3.8, 4) is 17.0 Å². The molecule has 1 aromatic heterocycles. The molecule has 3 atom stereocenters. The van der Waals surface area contributed by atoms with Crippen molar-refractivity contribution in [2.24, 2.45) is 17.8 Å². The van der Waals surface area contributed by atoms with E-state index >= 15 is 0 Å². The summed E-state index contributed by atoms with van der Waals surface area (Å²) in [5.74, 6) is 2.36. The van der Waals surface area contributed by atoms with Gasteiger partial charge in [-0.1, -0.05) is 12.2 Å². The van der Waals surface area contributed by atoms with E-state index in [2.05, 4.69) is 22.6 Å². The lowest BCUT2D eigenvalue weighted by atomic mass is 9.94. The van der Waals surface area contributed by atoms with Crippen molar-refractivity contribution in [1.29, 1.82) is 0 Å². The van der Waals surface area contributed by atoms with Crippen LogP contribution in [0.4, 0.5) is 0 Å². The first-order chi connectivity index (χ1) is 13.1. The first kappa shape index (κ1) is 17.5. The van der Waals surface area contributed by atoms with E-state index < -0.39 is 0 Å². The van der Waals surface area contributed by atoms with Gasteiger partial charge in [0, 0.05) is 18.2 Å². The molecule has 140 valence electrons. The van der Waals surface area contributed by atoms with Gasteiger partial charge in [0.2, 0.25) is 5.91 Å². The van der Waals surface area contributed by atoms with Crippen molar-refractivity contribution in [2.75, 3.05) is 13.7 Å². The molecule has 6 nitrogen and oxygen atoms in total. The number of amides is 1. The van der Waals surface area contributed by atoms with E-state index in [1.165, 1.54) is 17.2 Å². The summed E-state index contributed by atoms with van der Waals surface area (Å²) in [6, 6.07) is 10.5. The molecule has 0 aliphatic heterocycles. The molecule has 0 unspecified atom stereocenters. The molecule has 2 aliphatic carbocycles. The number of hydrogen-bond donors (Lipinski definition) is 1. The van der Waals surface area contributed by atoms with Crippen molar-refractivity contribution in [3.63, 3.8) is 0 Å². The van der Waals surface area contributed by atoms with E-state index in [-0.39, 0.29) is 18.0 Å². The normalized spacial score (nSPS) is 22.8. The second-order valence-electron chi connectivity index (χ2n) is 7.29. The fraction of sp³-hybridized carbons (Fsp3) is 0.381. The van der Waals surface area contributed by atoms with Crippen LogP contribution < -0.4 is 15.6 Å². The molecule has 4 rings (SSSR count). The van der Waals surface area contributed by atoms with Crippen LogP contribution in [0.25, 0.3) is 11.3 Å². The molecule has 0 spiro atoms. The molecule has 1 N–H and O–H groups in total. The molecule has 0 radical (unpaired) electrons. The molecule has 2 aliphatic rings. The van der Waals surface area contributed by atoms with Gasteiger partial charge in [0.15, 0.2) is 0 Å². The summed E-state index contributed by atoms with van der Waals surface area (Å²) in [6.07, 6.45) is 6.92. The number of nitrogens with one attached hydrogen (secondary N) is 1. The molecule has 1 saturated carbocycles. The van der Waals surface area contributed by atoms with Crippen LogP contribution in [0.5, 0.6) is 5.75 Å². The minimum absolute atomic E-state index is 0.0700. The van der Waals surface area contributed by atoms with E-state index in [0.29, 0.717) is 30.0 Å². The van der Waals surface area contributed by atoms with Gasteiger partial charge >= 0.3 is 0 Å². The summed E-state index contributed by atoms with van der Waals surface area (Å²) in [4.78, 5) is 24.4. The van der Waals surface area contributed by atoms with Crippen LogP contribution >= 0.6 is 0 Å². The third-order valence-electron chi connectivity index (χ3n) is 5.52. The van der Waals surface area contributed by atoms with Gasteiger partial charge in [-0.25, -0.2) is 4.68 Å². The van der Waals surface area contributed by atoms with Crippen molar-refractivity contribution in [1.82, 2.24) is 15.1 Å². The Morgan fingerprint density at radius 1 is 1.19 bits per heavy atom. The molecule has 1 heterocycles. The third kappa shape index (κ3) is 3.79. The minimum atomic E-state index is -0.287. The van der Waals surface area contributed by atoms with Gasteiger partial charge in [-0.3, -0.25) is 9.59 Å². The number of allylic oxidation sites excluding steroid dienone is 2. The van der Waals surface area contributed by atoms with Gasteiger partial charge in [0.1, 0.15) is 12.3 Å². The van der Waals surface area contributed by atoms with Crippen LogP contribution in [0.3, 0.4) is 0 Å². The lowest BCUT2D eigenvalue weighted by Crippen LogP contribution is -2.36. The summed E-state index contributed by atoms with van der Waals surface area (Å²) in [7, 11) is 1.61. The average molecular weight is 365 g/mol. The first-order valence-electron chi connectivity index (χ1n) is 9.30. The summed E-state index contributed by atoms with van der Waals surface area (Å²) >= 11 is 0. The summed E-state index contributed by atoms with van der Waals surface area (Å²) < 4.78 is 6.37. The molecule has 6 heteroatoms. The van der Waals surface area contributed by atoms with Crippen LogP contribution in [0.15, 0.2) is 53.3 Å². The minimum Gasteiger partial charge on any atom is -0.497 e. The van der Waals surface area contributed by atoms with E-state index in [1.807, 2.05) is 24.3 Å². The van der Waals surface area contributed by atoms with Crippen LogP contribution in [-0.2, 0) is 11.3 Å². The highest BCUT2D eigenvalue weighted by molar-refractivity contribution is 5.75. The van der Waals surface area contributed by atoms with Gasteiger partial charge in [-0.05, 0) is 60.9 Å². The lowest BCUT2D eigenvalue weighted by Gasteiger charge is -2.18. The number of rotatable bonds is 6. The zero-order valence-corrected chi connectivity index (χ0v) is 15.3. The number of ether oxygens (including phenoxy) is 1. The summed E-state index contributed by atoms with van der Waals surface area (Å²) in [6.45, 7) is 0.594. The summed E-state index contributed by atoms with van der Waals surface area (Å²) in [5, 5.41) is 7.32. The molecule has 1 aromatic carbocycles. The van der Waals surface area contributed by atoms with Crippen LogP contribution in [0, 0.1) is 17.8 Å². The molecule has 2 aromatic rings. The van der Waals surface area contributed by atoms with Crippen LogP contribution in [0.1, 0.15) is 12.8 Å². The standard InChI is InChI=1S/C21H23N3O3/c1-27-18-6-4-15(5-7-18)19-8-9-21(26)24(23-19)13-20(25)22-12-17-11-14-2-3-16(17)10-14/h2-9,14,16-17H,10-13H2,1H3,(H,22,25)/t14-,16-,17+/m1/s1. The highest BCUT2D eigenvalue weighted by atomic mass is 16.5. The molecular weight excluding hydrogens is 342 g/mol. The number of fused-ring (bicyclic) bond motifs is 2.